The van der Waals surface area contributed by atoms with Gasteiger partial charge in [0.25, 0.3) is 5.69 Å². The van der Waals surface area contributed by atoms with Gasteiger partial charge in [-0.05, 0) is 41.5 Å². The van der Waals surface area contributed by atoms with Crippen molar-refractivity contribution in [1.29, 1.82) is 0 Å². The number of hydrogen-bond donors (Lipinski definition) is 2. The Kier molecular flexibility index (Phi) is 6.65. The molecule has 0 saturated heterocycles. The molecule has 7 nitrogen and oxygen atoms in total. The predicted molar refractivity (Wildman–Crippen MR) is 82.0 cm³/mol. The van der Waals surface area contributed by atoms with Crippen molar-refractivity contribution in [3.05, 3.63) is 31.9 Å². The van der Waals surface area contributed by atoms with Gasteiger partial charge in [-0.15, -0.1) is 0 Å². The summed E-state index contributed by atoms with van der Waals surface area (Å²) in [4.78, 5) is 21.3. The van der Waals surface area contributed by atoms with Gasteiger partial charge >= 0.3 is 5.97 Å². The lowest BCUT2D eigenvalue weighted by molar-refractivity contribution is -0.384. The van der Waals surface area contributed by atoms with E-state index >= 15 is 0 Å². The number of carbonyl (C=O) groups is 1. The summed E-state index contributed by atoms with van der Waals surface area (Å²) in [6.45, 7) is 0.489. The molecule has 0 spiro atoms. The Hall–Kier alpha value is -1.42. The lowest BCUT2D eigenvalue weighted by Gasteiger charge is -2.16. The maximum absolute atomic E-state index is 11.2. The number of nitrogens with one attached hydrogen (secondary N) is 1. The van der Waals surface area contributed by atoms with E-state index in [9.17, 15) is 14.9 Å². The number of aliphatic carboxylic acids is 1. The topological polar surface area (TPSA) is 102 Å². The molecule has 0 saturated carbocycles. The molecule has 0 aromatic heterocycles. The van der Waals surface area contributed by atoms with Gasteiger partial charge in [0.1, 0.15) is 6.04 Å². The van der Waals surface area contributed by atoms with Crippen molar-refractivity contribution in [2.75, 3.05) is 19.0 Å². The lowest BCUT2D eigenvalue weighted by atomic mass is 10.1. The minimum atomic E-state index is -0.963. The van der Waals surface area contributed by atoms with Crippen LogP contribution in [-0.4, -0.2) is 35.8 Å². The summed E-state index contributed by atoms with van der Waals surface area (Å²) >= 11 is 1.94. The number of carboxylic acids is 1. The predicted octanol–water partition coefficient (Wildman–Crippen LogP) is 2.49. The molecule has 1 aromatic carbocycles. The first-order valence-corrected chi connectivity index (χ1v) is 6.95. The molecule has 20 heavy (non-hydrogen) atoms. The number of ether oxygens (including phenoxy) is 1. The highest BCUT2D eigenvalue weighted by atomic mass is 127. The second-order valence-electron chi connectivity index (χ2n) is 4.09. The molecular weight excluding hydrogens is 379 g/mol. The number of hydrogen-bond acceptors (Lipinski definition) is 5. The molecule has 0 aliphatic carbocycles. The van der Waals surface area contributed by atoms with Crippen LogP contribution in [0.15, 0.2) is 18.2 Å². The van der Waals surface area contributed by atoms with Gasteiger partial charge in [0.15, 0.2) is 0 Å². The van der Waals surface area contributed by atoms with Crippen LogP contribution in [0.2, 0.25) is 0 Å². The van der Waals surface area contributed by atoms with E-state index in [1.54, 1.807) is 7.11 Å². The average molecular weight is 394 g/mol. The van der Waals surface area contributed by atoms with Crippen LogP contribution in [0, 0.1) is 13.7 Å². The molecule has 1 rings (SSSR count). The molecule has 0 fully saturated rings. The summed E-state index contributed by atoms with van der Waals surface area (Å²) in [5, 5.41) is 22.7. The molecule has 1 atom stereocenters. The van der Waals surface area contributed by atoms with Gasteiger partial charge in [-0.2, -0.15) is 0 Å². The van der Waals surface area contributed by atoms with E-state index in [0.717, 1.165) is 0 Å². The number of nitro benzene ring substituents is 1. The van der Waals surface area contributed by atoms with Crippen LogP contribution < -0.4 is 5.32 Å². The lowest BCUT2D eigenvalue weighted by Crippen LogP contribution is -2.29. The minimum absolute atomic E-state index is 0.0220. The van der Waals surface area contributed by atoms with E-state index in [1.165, 1.54) is 18.2 Å². The van der Waals surface area contributed by atoms with E-state index in [2.05, 4.69) is 5.32 Å². The Bertz CT molecular complexity index is 495. The number of carboxylic acid groups (broad SMARTS) is 1. The quantitative estimate of drug-likeness (QED) is 0.304. The van der Waals surface area contributed by atoms with Crippen LogP contribution in [0.5, 0.6) is 0 Å². The van der Waals surface area contributed by atoms with Crippen LogP contribution in [0.4, 0.5) is 11.4 Å². The maximum atomic E-state index is 11.2. The summed E-state index contributed by atoms with van der Waals surface area (Å²) in [6.07, 6.45) is 1.03. The summed E-state index contributed by atoms with van der Waals surface area (Å²) in [5.41, 5.74) is 0.548. The standard InChI is InChI=1S/C12H15IN2O5/c1-20-6-2-3-11(12(16)17)14-10-5-4-8(15(18)19)7-9(10)13/h4-5,7,11,14H,2-3,6H2,1H3,(H,16,17). The molecule has 0 aliphatic rings. The van der Waals surface area contributed by atoms with E-state index in [4.69, 9.17) is 9.84 Å². The highest BCUT2D eigenvalue weighted by molar-refractivity contribution is 14.1. The molecule has 8 heteroatoms. The number of methoxy groups -OCH3 is 1. The van der Waals surface area contributed by atoms with E-state index < -0.39 is 16.9 Å². The first-order valence-electron chi connectivity index (χ1n) is 5.88. The molecular formula is C12H15IN2O5. The number of non-ortho nitro benzene ring substituents is 1. The molecule has 0 aliphatic heterocycles. The van der Waals surface area contributed by atoms with E-state index in [1.807, 2.05) is 22.6 Å². The fourth-order valence-corrected chi connectivity index (χ4v) is 2.27. The van der Waals surface area contributed by atoms with Gasteiger partial charge in [-0.25, -0.2) is 4.79 Å². The number of benzene rings is 1. The van der Waals surface area contributed by atoms with E-state index in [-0.39, 0.29) is 5.69 Å². The third-order valence-electron chi connectivity index (χ3n) is 2.63. The number of nitrogens with zero attached hydrogens (tertiary/aromatic N) is 1. The Morgan fingerprint density at radius 2 is 2.30 bits per heavy atom. The monoisotopic (exact) mass is 394 g/mol. The SMILES string of the molecule is COCCCC(Nc1ccc([N+](=O)[O-])cc1I)C(=O)O. The number of halogens is 1. The Balaban J connectivity index is 2.78. The third kappa shape index (κ3) is 4.93. The average Bonchev–Trinajstić information content (AvgIpc) is 2.39. The maximum Gasteiger partial charge on any atom is 0.326 e. The fourth-order valence-electron chi connectivity index (χ4n) is 1.61. The van der Waals surface area contributed by atoms with Gasteiger partial charge in [0.2, 0.25) is 0 Å². The molecule has 0 heterocycles. The van der Waals surface area contributed by atoms with Crippen molar-refractivity contribution >= 4 is 39.9 Å². The van der Waals surface area contributed by atoms with Crippen LogP contribution >= 0.6 is 22.6 Å². The zero-order valence-electron chi connectivity index (χ0n) is 10.8. The van der Waals surface area contributed by atoms with E-state index in [0.29, 0.717) is 28.7 Å². The summed E-state index contributed by atoms with van der Waals surface area (Å²) < 4.78 is 5.50. The minimum Gasteiger partial charge on any atom is -0.480 e. The molecule has 0 amide bonds. The molecule has 0 radical (unpaired) electrons. The van der Waals surface area contributed by atoms with Crippen LogP contribution in [-0.2, 0) is 9.53 Å². The Morgan fingerprint density at radius 1 is 1.60 bits per heavy atom. The largest absolute Gasteiger partial charge is 0.480 e. The normalized spacial score (nSPS) is 11.9. The van der Waals surface area contributed by atoms with Crippen molar-refractivity contribution in [3.8, 4) is 0 Å². The molecule has 110 valence electrons. The smallest absolute Gasteiger partial charge is 0.326 e. The van der Waals surface area contributed by atoms with Gasteiger partial charge in [0.05, 0.1) is 4.92 Å². The molecule has 1 aromatic rings. The molecule has 1 unspecified atom stereocenters. The van der Waals surface area contributed by atoms with Crippen molar-refractivity contribution in [2.45, 2.75) is 18.9 Å². The Morgan fingerprint density at radius 3 is 2.80 bits per heavy atom. The third-order valence-corrected chi connectivity index (χ3v) is 3.53. The van der Waals surface area contributed by atoms with Crippen molar-refractivity contribution < 1.29 is 19.6 Å². The highest BCUT2D eigenvalue weighted by Crippen LogP contribution is 2.24. The van der Waals surface area contributed by atoms with Crippen molar-refractivity contribution in [2.24, 2.45) is 0 Å². The van der Waals surface area contributed by atoms with Crippen LogP contribution in [0.1, 0.15) is 12.8 Å². The highest BCUT2D eigenvalue weighted by Gasteiger charge is 2.18. The van der Waals surface area contributed by atoms with Gasteiger partial charge in [-0.1, -0.05) is 0 Å². The first kappa shape index (κ1) is 16.6. The molecule has 0 bridgehead atoms. The number of anilines is 1. The van der Waals surface area contributed by atoms with Gasteiger partial charge in [-0.3, -0.25) is 10.1 Å². The number of rotatable bonds is 8. The van der Waals surface area contributed by atoms with Crippen molar-refractivity contribution in [1.82, 2.24) is 0 Å². The van der Waals surface area contributed by atoms with Crippen LogP contribution in [0.25, 0.3) is 0 Å². The fraction of sp³-hybridized carbons (Fsp3) is 0.417. The van der Waals surface area contributed by atoms with Gasteiger partial charge in [0, 0.05) is 35.1 Å². The van der Waals surface area contributed by atoms with Crippen LogP contribution in [0.3, 0.4) is 0 Å². The zero-order chi connectivity index (χ0) is 15.1. The Labute approximate surface area is 129 Å². The zero-order valence-corrected chi connectivity index (χ0v) is 13.0. The van der Waals surface area contributed by atoms with Crippen molar-refractivity contribution in [3.63, 3.8) is 0 Å². The second-order valence-corrected chi connectivity index (χ2v) is 5.25. The second kappa shape index (κ2) is 8.00. The van der Waals surface area contributed by atoms with Gasteiger partial charge < -0.3 is 15.2 Å². The first-order chi connectivity index (χ1) is 9.45. The summed E-state index contributed by atoms with van der Waals surface area (Å²) in [6, 6.07) is 3.52. The summed E-state index contributed by atoms with van der Waals surface area (Å²) in [7, 11) is 1.56. The summed E-state index contributed by atoms with van der Waals surface area (Å²) in [5.74, 6) is -0.963. The number of nitro groups is 1. The molecule has 2 N–H and O–H groups in total.